The van der Waals surface area contributed by atoms with E-state index in [-0.39, 0.29) is 0 Å². The van der Waals surface area contributed by atoms with Crippen LogP contribution < -0.4 is 5.73 Å². The van der Waals surface area contributed by atoms with E-state index in [0.29, 0.717) is 12.0 Å². The summed E-state index contributed by atoms with van der Waals surface area (Å²) in [7, 11) is 0. The maximum absolute atomic E-state index is 5.90. The molecule has 2 unspecified atom stereocenters. The topological polar surface area (TPSA) is 26.0 Å². The van der Waals surface area contributed by atoms with E-state index in [1.165, 1.54) is 25.7 Å². The minimum atomic E-state index is 0.423. The molecule has 0 rings (SSSR count). The van der Waals surface area contributed by atoms with Crippen molar-refractivity contribution in [1.29, 1.82) is 0 Å². The molecule has 0 amide bonds. The molecule has 2 atom stereocenters. The molecule has 0 fully saturated rings. The first kappa shape index (κ1) is 11.0. The van der Waals surface area contributed by atoms with Gasteiger partial charge < -0.3 is 5.73 Å². The zero-order chi connectivity index (χ0) is 8.69. The first-order valence-electron chi connectivity index (χ1n) is 4.97. The van der Waals surface area contributed by atoms with Gasteiger partial charge in [0.15, 0.2) is 0 Å². The summed E-state index contributed by atoms with van der Waals surface area (Å²) in [5.41, 5.74) is 5.90. The predicted octanol–water partition coefficient (Wildman–Crippen LogP) is 2.94. The van der Waals surface area contributed by atoms with Gasteiger partial charge in [-0.25, -0.2) is 0 Å². The van der Waals surface area contributed by atoms with Gasteiger partial charge in [0.05, 0.1) is 0 Å². The zero-order valence-corrected chi connectivity index (χ0v) is 8.27. The molecule has 68 valence electrons. The van der Waals surface area contributed by atoms with Crippen LogP contribution in [0.5, 0.6) is 0 Å². The van der Waals surface area contributed by atoms with E-state index in [4.69, 9.17) is 5.73 Å². The summed E-state index contributed by atoms with van der Waals surface area (Å²) in [5, 5.41) is 0. The Morgan fingerprint density at radius 2 is 1.82 bits per heavy atom. The second kappa shape index (κ2) is 6.66. The third kappa shape index (κ3) is 5.25. The molecule has 0 radical (unpaired) electrons. The van der Waals surface area contributed by atoms with Crippen LogP contribution in [0.1, 0.15) is 52.9 Å². The van der Waals surface area contributed by atoms with Crippen LogP contribution in [0, 0.1) is 5.92 Å². The summed E-state index contributed by atoms with van der Waals surface area (Å²) in [6.07, 6.45) is 6.45. The van der Waals surface area contributed by atoms with Crippen LogP contribution in [-0.4, -0.2) is 6.04 Å². The Morgan fingerprint density at radius 1 is 1.18 bits per heavy atom. The molecular formula is C10H23N. The van der Waals surface area contributed by atoms with Gasteiger partial charge in [0.2, 0.25) is 0 Å². The van der Waals surface area contributed by atoms with Crippen molar-refractivity contribution in [1.82, 2.24) is 0 Å². The number of rotatable bonds is 6. The van der Waals surface area contributed by atoms with Crippen LogP contribution in [0.25, 0.3) is 0 Å². The van der Waals surface area contributed by atoms with Crippen LogP contribution in [-0.2, 0) is 0 Å². The summed E-state index contributed by atoms with van der Waals surface area (Å²) in [5.74, 6) is 0.714. The van der Waals surface area contributed by atoms with E-state index in [1.54, 1.807) is 0 Å². The molecule has 0 aromatic carbocycles. The first-order valence-corrected chi connectivity index (χ1v) is 4.97. The minimum absolute atomic E-state index is 0.423. The first-order chi connectivity index (χ1) is 5.22. The van der Waals surface area contributed by atoms with Gasteiger partial charge in [0.1, 0.15) is 0 Å². The molecule has 0 aromatic heterocycles. The summed E-state index contributed by atoms with van der Waals surface area (Å²) >= 11 is 0. The van der Waals surface area contributed by atoms with Gasteiger partial charge in [0, 0.05) is 6.04 Å². The Hall–Kier alpha value is -0.0400. The van der Waals surface area contributed by atoms with E-state index in [0.717, 1.165) is 6.42 Å². The highest BCUT2D eigenvalue weighted by Gasteiger charge is 2.08. The van der Waals surface area contributed by atoms with Crippen molar-refractivity contribution in [3.8, 4) is 0 Å². The van der Waals surface area contributed by atoms with Crippen molar-refractivity contribution in [3.63, 3.8) is 0 Å². The fourth-order valence-corrected chi connectivity index (χ4v) is 1.33. The zero-order valence-electron chi connectivity index (χ0n) is 8.27. The van der Waals surface area contributed by atoms with Crippen molar-refractivity contribution >= 4 is 0 Å². The quantitative estimate of drug-likeness (QED) is 0.589. The van der Waals surface area contributed by atoms with E-state index in [9.17, 15) is 0 Å². The highest BCUT2D eigenvalue weighted by molar-refractivity contribution is 4.66. The molecule has 11 heavy (non-hydrogen) atoms. The summed E-state index contributed by atoms with van der Waals surface area (Å²) in [6, 6.07) is 0.423. The Morgan fingerprint density at radius 3 is 2.27 bits per heavy atom. The van der Waals surface area contributed by atoms with Crippen molar-refractivity contribution in [3.05, 3.63) is 0 Å². The Kier molecular flexibility index (Phi) is 6.63. The van der Waals surface area contributed by atoms with Gasteiger partial charge in [-0.3, -0.25) is 0 Å². The molecule has 0 aliphatic heterocycles. The lowest BCUT2D eigenvalue weighted by atomic mass is 9.94. The van der Waals surface area contributed by atoms with Gasteiger partial charge in [-0.1, -0.05) is 40.0 Å². The maximum Gasteiger partial charge on any atom is 0.00619 e. The second-order valence-electron chi connectivity index (χ2n) is 3.55. The molecule has 2 N–H and O–H groups in total. The lowest BCUT2D eigenvalue weighted by Gasteiger charge is -2.17. The average molecular weight is 157 g/mol. The van der Waals surface area contributed by atoms with E-state index in [2.05, 4.69) is 20.8 Å². The van der Waals surface area contributed by atoms with Crippen LogP contribution >= 0.6 is 0 Å². The number of nitrogens with two attached hydrogens (primary N) is 1. The smallest absolute Gasteiger partial charge is 0.00619 e. The van der Waals surface area contributed by atoms with E-state index < -0.39 is 0 Å². The average Bonchev–Trinajstić information content (AvgIpc) is 2.03. The Bertz CT molecular complexity index is 80.9. The molecular weight excluding hydrogens is 134 g/mol. The highest BCUT2D eigenvalue weighted by atomic mass is 14.6. The van der Waals surface area contributed by atoms with Crippen molar-refractivity contribution < 1.29 is 0 Å². The van der Waals surface area contributed by atoms with Gasteiger partial charge in [-0.05, 0) is 18.8 Å². The summed E-state index contributed by atoms with van der Waals surface area (Å²) < 4.78 is 0. The number of hydrogen-bond donors (Lipinski definition) is 1. The minimum Gasteiger partial charge on any atom is -0.327 e. The largest absolute Gasteiger partial charge is 0.327 e. The van der Waals surface area contributed by atoms with Crippen molar-refractivity contribution in [2.24, 2.45) is 11.7 Å². The number of unbranched alkanes of at least 4 members (excludes halogenated alkanes) is 2. The summed E-state index contributed by atoms with van der Waals surface area (Å²) in [6.45, 7) is 6.68. The van der Waals surface area contributed by atoms with Crippen LogP contribution in [0.15, 0.2) is 0 Å². The molecule has 0 bridgehead atoms. The standard InChI is InChI=1S/C10H23N/c1-4-6-7-8-9(3)10(11)5-2/h9-10H,4-8,11H2,1-3H3. The van der Waals surface area contributed by atoms with Gasteiger partial charge in [-0.2, -0.15) is 0 Å². The number of hydrogen-bond acceptors (Lipinski definition) is 1. The SMILES string of the molecule is CCCCCC(C)C(N)CC. The van der Waals surface area contributed by atoms with Crippen LogP contribution in [0.4, 0.5) is 0 Å². The monoisotopic (exact) mass is 157 g/mol. The van der Waals surface area contributed by atoms with E-state index >= 15 is 0 Å². The Balaban J connectivity index is 3.28. The highest BCUT2D eigenvalue weighted by Crippen LogP contribution is 2.13. The lowest BCUT2D eigenvalue weighted by Crippen LogP contribution is -2.27. The van der Waals surface area contributed by atoms with Gasteiger partial charge in [-0.15, -0.1) is 0 Å². The fraction of sp³-hybridized carbons (Fsp3) is 1.00. The summed E-state index contributed by atoms with van der Waals surface area (Å²) in [4.78, 5) is 0. The van der Waals surface area contributed by atoms with E-state index in [1.807, 2.05) is 0 Å². The molecule has 1 heteroatoms. The third-order valence-electron chi connectivity index (χ3n) is 2.47. The fourth-order valence-electron chi connectivity index (χ4n) is 1.33. The van der Waals surface area contributed by atoms with Gasteiger partial charge in [0.25, 0.3) is 0 Å². The molecule has 0 saturated carbocycles. The molecule has 0 aliphatic carbocycles. The maximum atomic E-state index is 5.90. The molecule has 0 spiro atoms. The molecule has 0 aliphatic rings. The van der Waals surface area contributed by atoms with Crippen LogP contribution in [0.2, 0.25) is 0 Å². The van der Waals surface area contributed by atoms with Crippen molar-refractivity contribution in [2.45, 2.75) is 58.9 Å². The predicted molar refractivity (Wildman–Crippen MR) is 51.6 cm³/mol. The second-order valence-corrected chi connectivity index (χ2v) is 3.55. The van der Waals surface area contributed by atoms with Crippen LogP contribution in [0.3, 0.4) is 0 Å². The molecule has 0 saturated heterocycles. The molecule has 0 aromatic rings. The normalized spacial score (nSPS) is 16.4. The molecule has 0 heterocycles. The Labute approximate surface area is 71.4 Å². The lowest BCUT2D eigenvalue weighted by molar-refractivity contribution is 0.400. The molecule has 1 nitrogen and oxygen atoms in total. The van der Waals surface area contributed by atoms with Crippen molar-refractivity contribution in [2.75, 3.05) is 0 Å². The van der Waals surface area contributed by atoms with Gasteiger partial charge >= 0.3 is 0 Å². The third-order valence-corrected chi connectivity index (χ3v) is 2.47.